The molecule has 34 heavy (non-hydrogen) atoms. The van der Waals surface area contributed by atoms with Crippen molar-refractivity contribution in [2.75, 3.05) is 10.8 Å². The number of carbonyl (C=O) groups is 1. The smallest absolute Gasteiger partial charge is 0.418 e. The van der Waals surface area contributed by atoms with E-state index in [-0.39, 0.29) is 17.8 Å². The van der Waals surface area contributed by atoms with E-state index in [0.717, 1.165) is 10.4 Å². The zero-order valence-corrected chi connectivity index (χ0v) is 19.6. The molecule has 0 aliphatic heterocycles. The number of halogens is 5. The first-order valence-electron chi connectivity index (χ1n) is 9.77. The number of carbonyl (C=O) groups excluding carboxylic acids is 1. The maximum Gasteiger partial charge on any atom is 0.418 e. The maximum absolute atomic E-state index is 13.1. The maximum atomic E-state index is 13.1. The predicted molar refractivity (Wildman–Crippen MR) is 123 cm³/mol. The fourth-order valence-corrected chi connectivity index (χ4v) is 4.08. The van der Waals surface area contributed by atoms with Crippen LogP contribution < -0.4 is 9.62 Å². The topological polar surface area (TPSA) is 85.4 Å². The highest BCUT2D eigenvalue weighted by Gasteiger charge is 2.33. The number of anilines is 1. The van der Waals surface area contributed by atoms with Crippen LogP contribution in [0.25, 0.3) is 0 Å². The Morgan fingerprint density at radius 1 is 1.09 bits per heavy atom. The highest BCUT2D eigenvalue weighted by Crippen LogP contribution is 2.31. The number of aromatic nitrogens is 1. The van der Waals surface area contributed by atoms with Crippen LogP contribution in [-0.2, 0) is 30.4 Å². The van der Waals surface area contributed by atoms with Crippen molar-refractivity contribution in [1.29, 1.82) is 0 Å². The van der Waals surface area contributed by atoms with Gasteiger partial charge in [0.1, 0.15) is 0 Å². The van der Waals surface area contributed by atoms with Gasteiger partial charge < -0.3 is 14.2 Å². The second kappa shape index (κ2) is 11.2. The fraction of sp³-hybridized carbons (Fsp3) is 0.182. The molecule has 6 nitrogen and oxygen atoms in total. The van der Waals surface area contributed by atoms with E-state index < -0.39 is 35.5 Å². The van der Waals surface area contributed by atoms with Crippen LogP contribution in [0.4, 0.5) is 18.9 Å². The van der Waals surface area contributed by atoms with Crippen LogP contribution in [0.2, 0.25) is 10.0 Å². The molecule has 180 valence electrons. The van der Waals surface area contributed by atoms with Gasteiger partial charge in [-0.05, 0) is 54.4 Å². The van der Waals surface area contributed by atoms with Crippen molar-refractivity contribution in [2.24, 2.45) is 0 Å². The van der Waals surface area contributed by atoms with E-state index in [1.807, 2.05) is 0 Å². The Morgan fingerprint density at radius 2 is 1.79 bits per heavy atom. The molecule has 0 radical (unpaired) electrons. The number of nitrogens with one attached hydrogen (secondary N) is 1. The van der Waals surface area contributed by atoms with Gasteiger partial charge >= 0.3 is 6.18 Å². The average Bonchev–Trinajstić information content (AvgIpc) is 2.80. The van der Waals surface area contributed by atoms with E-state index in [9.17, 15) is 26.7 Å². The summed E-state index contributed by atoms with van der Waals surface area (Å²) in [5, 5.41) is 3.09. The van der Waals surface area contributed by atoms with Crippen LogP contribution in [0, 0.1) is 0 Å². The zero-order valence-electron chi connectivity index (χ0n) is 17.3. The number of rotatable bonds is 8. The molecule has 0 aliphatic carbocycles. The van der Waals surface area contributed by atoms with E-state index >= 15 is 0 Å². The standard InChI is InChI=1S/C22H18Cl2F3N3O3S/c23-18-5-1-3-14(20(18)24)10-12-30(34(32)33)16-8-6-15(7-9-16)21(31)29-13-19-17(22(25,26)27)4-2-11-28-19/h1-9,11H,10,12-13H2,(H,29,31)(H,32,33)/p-1. The third-order valence-electron chi connectivity index (χ3n) is 4.83. The van der Waals surface area contributed by atoms with Gasteiger partial charge in [0.05, 0.1) is 27.8 Å². The Kier molecular flexibility index (Phi) is 8.53. The van der Waals surface area contributed by atoms with Crippen molar-refractivity contribution in [3.8, 4) is 0 Å². The molecular weight excluding hydrogens is 514 g/mol. The summed E-state index contributed by atoms with van der Waals surface area (Å²) in [6, 6.07) is 12.7. The minimum absolute atomic E-state index is 0.0710. The summed E-state index contributed by atoms with van der Waals surface area (Å²) in [5.41, 5.74) is -0.130. The van der Waals surface area contributed by atoms with Crippen molar-refractivity contribution >= 4 is 46.1 Å². The van der Waals surface area contributed by atoms with E-state index in [0.29, 0.717) is 27.7 Å². The number of hydrogen-bond acceptors (Lipinski definition) is 4. The average molecular weight is 531 g/mol. The van der Waals surface area contributed by atoms with Crippen LogP contribution in [0.1, 0.15) is 27.2 Å². The van der Waals surface area contributed by atoms with Gasteiger partial charge in [-0.1, -0.05) is 35.3 Å². The van der Waals surface area contributed by atoms with Gasteiger partial charge in [-0.25, -0.2) is 0 Å². The first-order chi connectivity index (χ1) is 16.1. The van der Waals surface area contributed by atoms with Gasteiger partial charge in [-0.3, -0.25) is 14.0 Å². The molecule has 0 bridgehead atoms. The summed E-state index contributed by atoms with van der Waals surface area (Å²) in [6.07, 6.45) is -3.09. The highest BCUT2D eigenvalue weighted by molar-refractivity contribution is 7.80. The number of alkyl halides is 3. The van der Waals surface area contributed by atoms with Crippen molar-refractivity contribution < 1.29 is 26.7 Å². The molecule has 1 aromatic heterocycles. The minimum Gasteiger partial charge on any atom is -0.755 e. The molecule has 3 rings (SSSR count). The van der Waals surface area contributed by atoms with Gasteiger partial charge in [0.2, 0.25) is 0 Å². The summed E-state index contributed by atoms with van der Waals surface area (Å²) in [7, 11) is 0. The van der Waals surface area contributed by atoms with Crippen LogP contribution >= 0.6 is 23.2 Å². The monoisotopic (exact) mass is 530 g/mol. The molecule has 12 heteroatoms. The number of nitrogens with zero attached hydrogens (tertiary/aromatic N) is 2. The lowest BCUT2D eigenvalue weighted by atomic mass is 10.1. The summed E-state index contributed by atoms with van der Waals surface area (Å²) in [6.45, 7) is -0.352. The summed E-state index contributed by atoms with van der Waals surface area (Å²) in [5.74, 6) is -0.633. The number of pyridine rings is 1. The molecule has 1 N–H and O–H groups in total. The molecule has 1 heterocycles. The quantitative estimate of drug-likeness (QED) is 0.406. The van der Waals surface area contributed by atoms with E-state index in [1.54, 1.807) is 18.2 Å². The highest BCUT2D eigenvalue weighted by atomic mass is 35.5. The second-order valence-electron chi connectivity index (χ2n) is 7.01. The zero-order chi connectivity index (χ0) is 24.9. The van der Waals surface area contributed by atoms with E-state index in [2.05, 4.69) is 10.3 Å². The molecule has 0 saturated carbocycles. The number of hydrogen-bond donors (Lipinski definition) is 1. The molecule has 0 saturated heterocycles. The SMILES string of the molecule is O=C(NCc1ncccc1C(F)(F)F)c1ccc(N(CCc2cccc(Cl)c2Cl)S(=O)[O-])cc1. The molecule has 0 aliphatic rings. The summed E-state index contributed by atoms with van der Waals surface area (Å²) < 4.78 is 63.8. The molecule has 1 unspecified atom stereocenters. The van der Waals surface area contributed by atoms with E-state index in [1.165, 1.54) is 36.5 Å². The summed E-state index contributed by atoms with van der Waals surface area (Å²) >= 11 is 9.53. The predicted octanol–water partition coefficient (Wildman–Crippen LogP) is 5.18. The largest absolute Gasteiger partial charge is 0.755 e. The van der Waals surface area contributed by atoms with E-state index in [4.69, 9.17) is 23.2 Å². The van der Waals surface area contributed by atoms with Crippen molar-refractivity contribution in [1.82, 2.24) is 10.3 Å². The minimum atomic E-state index is -4.59. The third kappa shape index (κ3) is 6.47. The lowest BCUT2D eigenvalue weighted by Crippen LogP contribution is -2.28. The molecular formula is C22H17Cl2F3N3O3S-. The van der Waals surface area contributed by atoms with Crippen molar-refractivity contribution in [2.45, 2.75) is 19.1 Å². The molecule has 1 atom stereocenters. The molecule has 3 aromatic rings. The summed E-state index contributed by atoms with van der Waals surface area (Å²) in [4.78, 5) is 16.1. The van der Waals surface area contributed by atoms with Crippen molar-refractivity contribution in [3.05, 3.63) is 93.2 Å². The Labute approximate surface area is 206 Å². The second-order valence-corrected chi connectivity index (χ2v) is 8.67. The van der Waals surface area contributed by atoms with Crippen molar-refractivity contribution in [3.63, 3.8) is 0 Å². The molecule has 0 spiro atoms. The first-order valence-corrected chi connectivity index (χ1v) is 11.6. The lowest BCUT2D eigenvalue weighted by Gasteiger charge is -2.26. The molecule has 0 fully saturated rings. The van der Waals surface area contributed by atoms with Crippen LogP contribution in [0.3, 0.4) is 0 Å². The normalized spacial score (nSPS) is 12.3. The van der Waals surface area contributed by atoms with Gasteiger partial charge in [0, 0.05) is 35.3 Å². The Hall–Kier alpha value is -2.66. The fourth-order valence-electron chi connectivity index (χ4n) is 3.14. The Balaban J connectivity index is 1.67. The molecule has 1 amide bonds. The van der Waals surface area contributed by atoms with Gasteiger partial charge in [0.25, 0.3) is 5.91 Å². The van der Waals surface area contributed by atoms with Gasteiger partial charge in [0.15, 0.2) is 0 Å². The Morgan fingerprint density at radius 3 is 2.44 bits per heavy atom. The van der Waals surface area contributed by atoms with Gasteiger partial charge in [-0.2, -0.15) is 13.2 Å². The Bertz CT molecular complexity index is 1190. The van der Waals surface area contributed by atoms with Crippen LogP contribution in [0.5, 0.6) is 0 Å². The first kappa shape index (κ1) is 26.0. The number of benzene rings is 2. The lowest BCUT2D eigenvalue weighted by molar-refractivity contribution is -0.138. The van der Waals surface area contributed by atoms with Gasteiger partial charge in [-0.15, -0.1) is 0 Å². The third-order valence-corrected chi connectivity index (χ3v) is 6.44. The molecule has 2 aromatic carbocycles. The number of amides is 1. The van der Waals surface area contributed by atoms with Crippen LogP contribution in [-0.4, -0.2) is 26.2 Å². The van der Waals surface area contributed by atoms with Crippen LogP contribution in [0.15, 0.2) is 60.8 Å².